The van der Waals surface area contributed by atoms with Gasteiger partial charge >= 0.3 is 0 Å². The number of aromatic nitrogens is 1. The SMILES string of the molecule is C1=C(c2ccccc2)CCC=C(c2cccc3sc4c(-c5ccc6c7ccccc7n(-c7ccccc7)c6c5)cccc4c23)N=C1c1ccccc1. The molecule has 0 fully saturated rings. The van der Waals surface area contributed by atoms with Gasteiger partial charge in [0, 0.05) is 47.8 Å². The standard InChI is InChI=1S/C49H34N2S/c1-4-15-33(16-5-1)35-19-12-26-43(50-44(31-35)34-17-6-2-7-18-34)41-24-14-28-47-48(41)42-25-13-23-38(49(42)52-47)36-29-30-40-39-22-10-11-27-45(39)51(46(40)32-36)37-20-8-3-9-21-37/h1-11,13-18,20-32H,12,19H2. The third-order valence-corrected chi connectivity index (χ3v) is 11.5. The Morgan fingerprint density at radius 2 is 1.19 bits per heavy atom. The maximum atomic E-state index is 5.47. The molecule has 246 valence electrons. The minimum Gasteiger partial charge on any atom is -0.309 e. The van der Waals surface area contributed by atoms with Crippen LogP contribution < -0.4 is 0 Å². The number of allylic oxidation sites excluding steroid dienone is 3. The fourth-order valence-corrected chi connectivity index (χ4v) is 9.16. The molecule has 0 radical (unpaired) electrons. The largest absolute Gasteiger partial charge is 0.309 e. The molecule has 9 aromatic rings. The van der Waals surface area contributed by atoms with E-state index in [2.05, 4.69) is 187 Å². The first kappa shape index (κ1) is 30.5. The molecule has 0 aliphatic carbocycles. The van der Waals surface area contributed by atoms with E-state index in [0.29, 0.717) is 0 Å². The van der Waals surface area contributed by atoms with Crippen molar-refractivity contribution < 1.29 is 0 Å². The number of nitrogens with zero attached hydrogens (tertiary/aromatic N) is 2. The third kappa shape index (κ3) is 5.21. The lowest BCUT2D eigenvalue weighted by atomic mass is 9.94. The highest BCUT2D eigenvalue weighted by molar-refractivity contribution is 7.26. The Morgan fingerprint density at radius 1 is 0.519 bits per heavy atom. The number of rotatable bonds is 5. The van der Waals surface area contributed by atoms with Gasteiger partial charge in [-0.25, -0.2) is 4.99 Å². The zero-order valence-electron chi connectivity index (χ0n) is 28.5. The molecule has 1 aliphatic rings. The average molecular weight is 683 g/mol. The van der Waals surface area contributed by atoms with E-state index in [0.717, 1.165) is 29.8 Å². The van der Waals surface area contributed by atoms with Gasteiger partial charge in [-0.05, 0) is 71.5 Å². The summed E-state index contributed by atoms with van der Waals surface area (Å²) < 4.78 is 4.98. The smallest absolute Gasteiger partial charge is 0.0712 e. The van der Waals surface area contributed by atoms with Crippen LogP contribution in [0.3, 0.4) is 0 Å². The van der Waals surface area contributed by atoms with Crippen molar-refractivity contribution in [2.75, 3.05) is 0 Å². The Hall–Kier alpha value is -6.29. The molecular weight excluding hydrogens is 649 g/mol. The van der Waals surface area contributed by atoms with Gasteiger partial charge in [-0.1, -0.05) is 146 Å². The maximum absolute atomic E-state index is 5.47. The van der Waals surface area contributed by atoms with E-state index in [4.69, 9.17) is 4.99 Å². The lowest BCUT2D eigenvalue weighted by Gasteiger charge is -2.15. The number of benzene rings is 7. The number of hydrogen-bond acceptors (Lipinski definition) is 2. The van der Waals surface area contributed by atoms with Gasteiger partial charge in [-0.2, -0.15) is 0 Å². The van der Waals surface area contributed by atoms with Gasteiger partial charge < -0.3 is 4.57 Å². The van der Waals surface area contributed by atoms with Crippen LogP contribution in [0.4, 0.5) is 0 Å². The van der Waals surface area contributed by atoms with E-state index in [9.17, 15) is 0 Å². The van der Waals surface area contributed by atoms with Crippen LogP contribution in [-0.2, 0) is 0 Å². The second-order valence-electron chi connectivity index (χ2n) is 13.4. The molecule has 3 heteroatoms. The molecule has 7 aromatic carbocycles. The quantitative estimate of drug-likeness (QED) is 0.172. The zero-order valence-corrected chi connectivity index (χ0v) is 29.4. The monoisotopic (exact) mass is 682 g/mol. The van der Waals surface area contributed by atoms with E-state index in [-0.39, 0.29) is 0 Å². The van der Waals surface area contributed by atoms with Crippen LogP contribution in [0.2, 0.25) is 0 Å². The molecule has 0 N–H and O–H groups in total. The number of thiophene rings is 1. The topological polar surface area (TPSA) is 17.3 Å². The lowest BCUT2D eigenvalue weighted by Crippen LogP contribution is -2.02. The Morgan fingerprint density at radius 3 is 2.02 bits per heavy atom. The molecule has 0 atom stereocenters. The highest BCUT2D eigenvalue weighted by Gasteiger charge is 2.19. The van der Waals surface area contributed by atoms with Crippen molar-refractivity contribution in [3.8, 4) is 16.8 Å². The van der Waals surface area contributed by atoms with Crippen molar-refractivity contribution in [1.29, 1.82) is 0 Å². The van der Waals surface area contributed by atoms with Crippen molar-refractivity contribution in [1.82, 2.24) is 4.57 Å². The molecule has 0 saturated heterocycles. The van der Waals surface area contributed by atoms with Gasteiger partial charge in [0.2, 0.25) is 0 Å². The molecule has 10 rings (SSSR count). The van der Waals surface area contributed by atoms with Crippen molar-refractivity contribution in [2.24, 2.45) is 4.99 Å². The Labute approximate surface area is 307 Å². The highest BCUT2D eigenvalue weighted by atomic mass is 32.1. The molecule has 0 amide bonds. The fraction of sp³-hybridized carbons (Fsp3) is 0.0408. The Bertz CT molecular complexity index is 2870. The number of para-hydroxylation sites is 2. The maximum Gasteiger partial charge on any atom is 0.0712 e. The third-order valence-electron chi connectivity index (χ3n) is 10.3. The summed E-state index contributed by atoms with van der Waals surface area (Å²) >= 11 is 1.88. The van der Waals surface area contributed by atoms with Crippen LogP contribution in [0.1, 0.15) is 29.5 Å². The molecule has 0 unspecified atom stereocenters. The van der Waals surface area contributed by atoms with Crippen molar-refractivity contribution in [3.63, 3.8) is 0 Å². The molecular formula is C49H34N2S. The van der Waals surface area contributed by atoms with Crippen molar-refractivity contribution in [2.45, 2.75) is 12.8 Å². The summed E-state index contributed by atoms with van der Waals surface area (Å²) in [4.78, 5) is 5.47. The first-order valence-corrected chi connectivity index (χ1v) is 18.8. The van der Waals surface area contributed by atoms with Crippen LogP contribution in [-0.4, -0.2) is 10.3 Å². The van der Waals surface area contributed by atoms with Gasteiger partial charge in [-0.15, -0.1) is 11.3 Å². The molecule has 2 aromatic heterocycles. The normalized spacial score (nSPS) is 13.6. The van der Waals surface area contributed by atoms with Crippen molar-refractivity contribution >= 4 is 70.3 Å². The summed E-state index contributed by atoms with van der Waals surface area (Å²) in [5.74, 6) is 0. The molecule has 0 spiro atoms. The van der Waals surface area contributed by atoms with E-state index >= 15 is 0 Å². The van der Waals surface area contributed by atoms with Gasteiger partial charge in [-0.3, -0.25) is 0 Å². The fourth-order valence-electron chi connectivity index (χ4n) is 7.90. The molecule has 1 aliphatic heterocycles. The minimum absolute atomic E-state index is 0.917. The second kappa shape index (κ2) is 12.8. The Kier molecular flexibility index (Phi) is 7.51. The second-order valence-corrected chi connectivity index (χ2v) is 14.5. The number of aliphatic imine (C=N–C) groups is 1. The van der Waals surface area contributed by atoms with E-state index in [1.807, 2.05) is 11.3 Å². The molecule has 2 nitrogen and oxygen atoms in total. The van der Waals surface area contributed by atoms with Gasteiger partial charge in [0.05, 0.1) is 22.4 Å². The average Bonchev–Trinajstić information content (AvgIpc) is 3.75. The minimum atomic E-state index is 0.917. The predicted octanol–water partition coefficient (Wildman–Crippen LogP) is 13.5. The van der Waals surface area contributed by atoms with Crippen LogP contribution >= 0.6 is 11.3 Å². The Balaban J connectivity index is 1.15. The van der Waals surface area contributed by atoms with E-state index in [1.165, 1.54) is 75.5 Å². The lowest BCUT2D eigenvalue weighted by molar-refractivity contribution is 1.06. The molecule has 0 saturated carbocycles. The summed E-state index contributed by atoms with van der Waals surface area (Å²) in [6, 6.07) is 61.3. The van der Waals surface area contributed by atoms with Crippen molar-refractivity contribution in [3.05, 3.63) is 199 Å². The van der Waals surface area contributed by atoms with Crippen LogP contribution in [0, 0.1) is 0 Å². The van der Waals surface area contributed by atoms with Crippen LogP contribution in [0.5, 0.6) is 0 Å². The summed E-state index contributed by atoms with van der Waals surface area (Å²) in [7, 11) is 0. The molecule has 52 heavy (non-hydrogen) atoms. The summed E-state index contributed by atoms with van der Waals surface area (Å²) in [5, 5.41) is 5.09. The van der Waals surface area contributed by atoms with E-state index in [1.54, 1.807) is 0 Å². The van der Waals surface area contributed by atoms with Crippen LogP contribution in [0.15, 0.2) is 187 Å². The predicted molar refractivity (Wildman–Crippen MR) is 224 cm³/mol. The van der Waals surface area contributed by atoms with Gasteiger partial charge in [0.15, 0.2) is 0 Å². The number of fused-ring (bicyclic) bond motifs is 6. The van der Waals surface area contributed by atoms with Crippen LogP contribution in [0.25, 0.3) is 70.1 Å². The molecule has 3 heterocycles. The first-order valence-electron chi connectivity index (χ1n) is 17.9. The number of hydrogen-bond donors (Lipinski definition) is 0. The van der Waals surface area contributed by atoms with Gasteiger partial charge in [0.25, 0.3) is 0 Å². The summed E-state index contributed by atoms with van der Waals surface area (Å²) in [6.07, 6.45) is 6.51. The summed E-state index contributed by atoms with van der Waals surface area (Å²) in [5.41, 5.74) is 13.0. The van der Waals surface area contributed by atoms with Gasteiger partial charge in [0.1, 0.15) is 0 Å². The molecule has 0 bridgehead atoms. The first-order chi connectivity index (χ1) is 25.8. The zero-order chi connectivity index (χ0) is 34.4. The van der Waals surface area contributed by atoms with E-state index < -0.39 is 0 Å². The highest BCUT2D eigenvalue weighted by Crippen LogP contribution is 2.44. The summed E-state index contributed by atoms with van der Waals surface area (Å²) in [6.45, 7) is 0.